The van der Waals surface area contributed by atoms with Crippen LogP contribution >= 0.6 is 11.6 Å². The molecule has 40 heavy (non-hydrogen) atoms. The fraction of sp³-hybridized carbons (Fsp3) is 0.294. The summed E-state index contributed by atoms with van der Waals surface area (Å²) in [5.74, 6) is -0.323. The molecule has 2 aliphatic rings. The summed E-state index contributed by atoms with van der Waals surface area (Å²) in [7, 11) is 0. The Morgan fingerprint density at radius 2 is 1.68 bits per heavy atom. The number of carbonyl (C=O) groups is 2. The van der Waals surface area contributed by atoms with Crippen molar-refractivity contribution in [3.63, 3.8) is 0 Å². The second kappa shape index (κ2) is 12.1. The zero-order valence-electron chi connectivity index (χ0n) is 23.1. The smallest absolute Gasteiger partial charge is 0.336 e. The number of para-hydroxylation sites is 1. The van der Waals surface area contributed by atoms with Crippen molar-refractivity contribution in [2.24, 2.45) is 0 Å². The Morgan fingerprint density at radius 3 is 2.40 bits per heavy atom. The first-order chi connectivity index (χ1) is 19.3. The first-order valence-electron chi connectivity index (χ1n) is 13.8. The van der Waals surface area contributed by atoms with Gasteiger partial charge in [0.1, 0.15) is 5.75 Å². The molecule has 0 radical (unpaired) electrons. The van der Waals surface area contributed by atoms with Gasteiger partial charge in [0.2, 0.25) is 0 Å². The second-order valence-electron chi connectivity index (χ2n) is 10.6. The molecule has 1 aliphatic carbocycles. The Hall–Kier alpha value is -3.83. The molecular weight excluding hydrogens is 522 g/mol. The fourth-order valence-corrected chi connectivity index (χ4v) is 5.78. The lowest BCUT2D eigenvalue weighted by Crippen LogP contribution is -2.36. The van der Waals surface area contributed by atoms with Gasteiger partial charge in [-0.25, -0.2) is 4.79 Å². The number of benzene rings is 3. The summed E-state index contributed by atoms with van der Waals surface area (Å²) in [6.07, 6.45) is 1.54. The number of carbonyl (C=O) groups excluding carboxylic acids is 2. The van der Waals surface area contributed by atoms with Crippen LogP contribution in [0.1, 0.15) is 62.1 Å². The molecule has 0 aromatic heterocycles. The molecule has 1 aliphatic heterocycles. The minimum atomic E-state index is -0.589. The Morgan fingerprint density at radius 1 is 0.975 bits per heavy atom. The molecule has 0 amide bonds. The predicted octanol–water partition coefficient (Wildman–Crippen LogP) is 7.27. The number of allylic oxidation sites excluding steroid dienone is 3. The molecule has 3 aromatic rings. The van der Waals surface area contributed by atoms with Crippen molar-refractivity contribution in [1.29, 1.82) is 0 Å². The maximum Gasteiger partial charge on any atom is 0.336 e. The highest BCUT2D eigenvalue weighted by Crippen LogP contribution is 2.47. The third-order valence-electron chi connectivity index (χ3n) is 7.45. The van der Waals surface area contributed by atoms with Crippen LogP contribution in [0.2, 0.25) is 5.02 Å². The number of ether oxygens (including phenoxy) is 2. The number of Topliss-reactive ketones (excluding diaryl/α,β-unsaturated/α-hetero) is 1. The summed E-state index contributed by atoms with van der Waals surface area (Å²) in [6.45, 7) is 6.06. The topological polar surface area (TPSA) is 64.6 Å². The van der Waals surface area contributed by atoms with E-state index in [4.69, 9.17) is 21.1 Å². The molecule has 0 fully saturated rings. The van der Waals surface area contributed by atoms with Crippen molar-refractivity contribution in [2.45, 2.75) is 58.0 Å². The van der Waals surface area contributed by atoms with Crippen molar-refractivity contribution in [1.82, 2.24) is 5.32 Å². The Labute approximate surface area is 240 Å². The SMILES string of the molecule is CC1=C(C(=O)OCCc2ccccc2)[C@H](c2ccccc2OC(C)C)C2=C(C[C@H](c3ccc(Cl)cc3)CC2=O)N1. The van der Waals surface area contributed by atoms with Gasteiger partial charge in [0.25, 0.3) is 0 Å². The maximum atomic E-state index is 13.9. The minimum Gasteiger partial charge on any atom is -0.491 e. The standard InChI is InChI=1S/C34H34ClNO4/c1-21(2)40-30-12-8-7-11-27(30)32-31(34(38)39-18-17-23-9-5-4-6-10-23)22(3)36-28-19-25(20-29(37)33(28)32)24-13-15-26(35)16-14-24/h4-16,21,25,32,36H,17-20H2,1-3H3/t25-,32-/m0/s1. The fourth-order valence-electron chi connectivity index (χ4n) is 5.66. The number of ketones is 1. The van der Waals surface area contributed by atoms with Gasteiger partial charge >= 0.3 is 5.97 Å². The van der Waals surface area contributed by atoms with Crippen molar-refractivity contribution in [2.75, 3.05) is 6.61 Å². The number of hydrogen-bond acceptors (Lipinski definition) is 5. The first kappa shape index (κ1) is 27.7. The molecule has 6 heteroatoms. The van der Waals surface area contributed by atoms with E-state index in [1.165, 1.54) is 0 Å². The van der Waals surface area contributed by atoms with Crippen molar-refractivity contribution in [3.05, 3.63) is 123 Å². The number of dihydropyridines is 1. The first-order valence-corrected chi connectivity index (χ1v) is 14.2. The highest BCUT2D eigenvalue weighted by molar-refractivity contribution is 6.30. The van der Waals surface area contributed by atoms with E-state index in [0.29, 0.717) is 46.9 Å². The Kier molecular flexibility index (Phi) is 8.41. The molecule has 0 unspecified atom stereocenters. The molecule has 1 N–H and O–H groups in total. The summed E-state index contributed by atoms with van der Waals surface area (Å²) in [5, 5.41) is 4.09. The van der Waals surface area contributed by atoms with Crippen LogP contribution in [0.3, 0.4) is 0 Å². The van der Waals surface area contributed by atoms with E-state index in [1.807, 2.05) is 99.6 Å². The zero-order valence-corrected chi connectivity index (χ0v) is 23.8. The predicted molar refractivity (Wildman–Crippen MR) is 157 cm³/mol. The van der Waals surface area contributed by atoms with Crippen molar-refractivity contribution >= 4 is 23.4 Å². The normalized spacial score (nSPS) is 18.9. The number of hydrogen-bond donors (Lipinski definition) is 1. The summed E-state index contributed by atoms with van der Waals surface area (Å²) in [4.78, 5) is 27.6. The van der Waals surface area contributed by atoms with Crippen molar-refractivity contribution in [3.8, 4) is 5.75 Å². The molecule has 5 rings (SSSR count). The molecule has 0 saturated carbocycles. The van der Waals surface area contributed by atoms with Crippen LogP contribution < -0.4 is 10.1 Å². The summed E-state index contributed by atoms with van der Waals surface area (Å²) in [6, 6.07) is 25.3. The lowest BCUT2D eigenvalue weighted by molar-refractivity contribution is -0.139. The number of halogens is 1. The summed E-state index contributed by atoms with van der Waals surface area (Å²) in [5.41, 5.74) is 5.55. The van der Waals surface area contributed by atoms with Gasteiger partial charge < -0.3 is 14.8 Å². The van der Waals surface area contributed by atoms with Gasteiger partial charge in [0.05, 0.1) is 24.2 Å². The summed E-state index contributed by atoms with van der Waals surface area (Å²) < 4.78 is 12.0. The number of nitrogens with one attached hydrogen (secondary N) is 1. The van der Waals surface area contributed by atoms with E-state index in [2.05, 4.69) is 5.32 Å². The van der Waals surface area contributed by atoms with Gasteiger partial charge in [-0.05, 0) is 62.4 Å². The average molecular weight is 556 g/mol. The minimum absolute atomic E-state index is 0.0140. The molecule has 5 nitrogen and oxygen atoms in total. The summed E-state index contributed by atoms with van der Waals surface area (Å²) >= 11 is 6.11. The van der Waals surface area contributed by atoms with Crippen LogP contribution in [0.5, 0.6) is 5.75 Å². The molecule has 0 spiro atoms. The van der Waals surface area contributed by atoms with E-state index >= 15 is 0 Å². The van der Waals surface area contributed by atoms with Gasteiger partial charge in [-0.15, -0.1) is 0 Å². The molecule has 1 heterocycles. The van der Waals surface area contributed by atoms with E-state index in [9.17, 15) is 9.59 Å². The molecule has 3 aromatic carbocycles. The quantitative estimate of drug-likeness (QED) is 0.296. The van der Waals surface area contributed by atoms with Gasteiger partial charge in [-0.3, -0.25) is 4.79 Å². The van der Waals surface area contributed by atoms with Crippen LogP contribution in [0, 0.1) is 0 Å². The zero-order chi connectivity index (χ0) is 28.2. The monoisotopic (exact) mass is 555 g/mol. The average Bonchev–Trinajstić information content (AvgIpc) is 2.93. The van der Waals surface area contributed by atoms with Crippen LogP contribution in [-0.2, 0) is 20.7 Å². The van der Waals surface area contributed by atoms with Gasteiger partial charge in [-0.1, -0.05) is 72.3 Å². The Balaban J connectivity index is 1.51. The molecule has 2 atom stereocenters. The molecule has 0 bridgehead atoms. The highest BCUT2D eigenvalue weighted by Gasteiger charge is 2.42. The van der Waals surface area contributed by atoms with E-state index in [1.54, 1.807) is 0 Å². The lowest BCUT2D eigenvalue weighted by atomic mass is 9.71. The molecule has 206 valence electrons. The number of esters is 1. The van der Waals surface area contributed by atoms with E-state index in [0.717, 1.165) is 22.4 Å². The maximum absolute atomic E-state index is 13.9. The third kappa shape index (κ3) is 6.00. The third-order valence-corrected chi connectivity index (χ3v) is 7.70. The highest BCUT2D eigenvalue weighted by atomic mass is 35.5. The molecule has 0 saturated heterocycles. The van der Waals surface area contributed by atoms with Crippen molar-refractivity contribution < 1.29 is 19.1 Å². The van der Waals surface area contributed by atoms with Crippen LogP contribution in [-0.4, -0.2) is 24.5 Å². The second-order valence-corrected chi connectivity index (χ2v) is 11.1. The van der Waals surface area contributed by atoms with Crippen LogP contribution in [0.15, 0.2) is 101 Å². The largest absolute Gasteiger partial charge is 0.491 e. The van der Waals surface area contributed by atoms with E-state index < -0.39 is 11.9 Å². The Bertz CT molecular complexity index is 1460. The lowest BCUT2D eigenvalue weighted by Gasteiger charge is -2.37. The van der Waals surface area contributed by atoms with Crippen LogP contribution in [0.25, 0.3) is 0 Å². The van der Waals surface area contributed by atoms with Gasteiger partial charge in [-0.2, -0.15) is 0 Å². The van der Waals surface area contributed by atoms with Gasteiger partial charge in [0.15, 0.2) is 5.78 Å². The molecular formula is C34H34ClNO4. The number of rotatable bonds is 8. The van der Waals surface area contributed by atoms with Crippen LogP contribution in [0.4, 0.5) is 0 Å². The van der Waals surface area contributed by atoms with E-state index in [-0.39, 0.29) is 24.4 Å². The van der Waals surface area contributed by atoms with Gasteiger partial charge in [0, 0.05) is 40.4 Å².